The van der Waals surface area contributed by atoms with E-state index < -0.39 is 28.5 Å². The van der Waals surface area contributed by atoms with E-state index in [0.717, 1.165) is 39.2 Å². The number of carbonyl (C=O) groups is 2. The van der Waals surface area contributed by atoms with Crippen molar-refractivity contribution in [1.82, 2.24) is 10.2 Å². The molecular formula is C30H36ClN3O4S. The predicted molar refractivity (Wildman–Crippen MR) is 157 cm³/mol. The number of aryl methyl sites for hydroxylation is 2. The van der Waals surface area contributed by atoms with Crippen molar-refractivity contribution in [3.05, 3.63) is 100 Å². The minimum Gasteiger partial charge on any atom is -0.354 e. The third kappa shape index (κ3) is 8.57. The van der Waals surface area contributed by atoms with Gasteiger partial charge in [0.05, 0.1) is 11.9 Å². The van der Waals surface area contributed by atoms with E-state index in [0.29, 0.717) is 17.3 Å². The Balaban J connectivity index is 2.05. The lowest BCUT2D eigenvalue weighted by Gasteiger charge is -2.34. The van der Waals surface area contributed by atoms with Crippen LogP contribution in [0.1, 0.15) is 35.6 Å². The number of benzene rings is 3. The SMILES string of the molecule is CCCNC(=O)[C@@H](Cc1ccccc1)N(Cc1ccc(Cl)cc1)C(=O)CN(c1ccc(C)cc1C)S(C)(=O)=O. The first kappa shape index (κ1) is 30.2. The molecule has 39 heavy (non-hydrogen) atoms. The molecule has 2 amide bonds. The quantitative estimate of drug-likeness (QED) is 0.336. The van der Waals surface area contributed by atoms with Crippen LogP contribution in [0.15, 0.2) is 72.8 Å². The molecule has 1 N–H and O–H groups in total. The van der Waals surface area contributed by atoms with Gasteiger partial charge in [0.25, 0.3) is 0 Å². The molecule has 208 valence electrons. The summed E-state index contributed by atoms with van der Waals surface area (Å²) in [4.78, 5) is 29.0. The summed E-state index contributed by atoms with van der Waals surface area (Å²) in [5.41, 5.74) is 3.80. The zero-order valence-corrected chi connectivity index (χ0v) is 24.4. The van der Waals surface area contributed by atoms with Gasteiger partial charge in [-0.15, -0.1) is 0 Å². The van der Waals surface area contributed by atoms with Crippen LogP contribution in [0.2, 0.25) is 5.02 Å². The number of hydrogen-bond acceptors (Lipinski definition) is 4. The smallest absolute Gasteiger partial charge is 0.244 e. The normalized spacial score (nSPS) is 12.0. The lowest BCUT2D eigenvalue weighted by molar-refractivity contribution is -0.140. The monoisotopic (exact) mass is 569 g/mol. The average Bonchev–Trinajstić information content (AvgIpc) is 2.89. The first-order chi connectivity index (χ1) is 18.5. The fourth-order valence-corrected chi connectivity index (χ4v) is 5.42. The molecular weight excluding hydrogens is 534 g/mol. The first-order valence-corrected chi connectivity index (χ1v) is 15.1. The highest BCUT2D eigenvalue weighted by Gasteiger charge is 2.33. The number of halogens is 1. The summed E-state index contributed by atoms with van der Waals surface area (Å²) >= 11 is 6.08. The van der Waals surface area contributed by atoms with Gasteiger partial charge in [0.2, 0.25) is 21.8 Å². The molecule has 0 aliphatic rings. The molecule has 0 radical (unpaired) electrons. The fraction of sp³-hybridized carbons (Fsp3) is 0.333. The molecule has 0 bridgehead atoms. The number of nitrogens with zero attached hydrogens (tertiary/aromatic N) is 2. The van der Waals surface area contributed by atoms with Crippen LogP contribution in [0.25, 0.3) is 0 Å². The second kappa shape index (κ2) is 13.6. The maximum Gasteiger partial charge on any atom is 0.244 e. The molecule has 0 aromatic heterocycles. The highest BCUT2D eigenvalue weighted by atomic mass is 35.5. The van der Waals surface area contributed by atoms with Gasteiger partial charge in [0.15, 0.2) is 0 Å². The van der Waals surface area contributed by atoms with Gasteiger partial charge in [-0.3, -0.25) is 13.9 Å². The standard InChI is InChI=1S/C30H36ClN3O4S/c1-5-17-32-30(36)28(19-24-9-7-6-8-10-24)33(20-25-12-14-26(31)15-13-25)29(35)21-34(39(4,37)38)27-16-11-22(2)18-23(27)3/h6-16,18,28H,5,17,19-21H2,1-4H3,(H,32,36)/t28-/m1/s1. The van der Waals surface area contributed by atoms with Gasteiger partial charge in [-0.2, -0.15) is 0 Å². The largest absolute Gasteiger partial charge is 0.354 e. The van der Waals surface area contributed by atoms with E-state index in [-0.39, 0.29) is 18.9 Å². The van der Waals surface area contributed by atoms with E-state index in [2.05, 4.69) is 5.32 Å². The number of nitrogens with one attached hydrogen (secondary N) is 1. The van der Waals surface area contributed by atoms with E-state index in [1.165, 1.54) is 4.90 Å². The van der Waals surface area contributed by atoms with Crippen molar-refractivity contribution >= 4 is 39.1 Å². The van der Waals surface area contributed by atoms with E-state index >= 15 is 0 Å². The molecule has 7 nitrogen and oxygen atoms in total. The Kier molecular flexibility index (Phi) is 10.5. The minimum absolute atomic E-state index is 0.109. The summed E-state index contributed by atoms with van der Waals surface area (Å²) in [5.74, 6) is -0.775. The number of sulfonamides is 1. The Morgan fingerprint density at radius 3 is 2.21 bits per heavy atom. The molecule has 0 aliphatic heterocycles. The molecule has 3 rings (SSSR count). The van der Waals surface area contributed by atoms with Crippen LogP contribution in [0.4, 0.5) is 5.69 Å². The summed E-state index contributed by atoms with van der Waals surface area (Å²) in [7, 11) is -3.81. The van der Waals surface area contributed by atoms with E-state index in [1.54, 1.807) is 30.3 Å². The van der Waals surface area contributed by atoms with Crippen LogP contribution < -0.4 is 9.62 Å². The lowest BCUT2D eigenvalue weighted by Crippen LogP contribution is -2.53. The van der Waals surface area contributed by atoms with Gasteiger partial charge < -0.3 is 10.2 Å². The first-order valence-electron chi connectivity index (χ1n) is 12.9. The summed E-state index contributed by atoms with van der Waals surface area (Å²) in [5, 5.41) is 3.48. The third-order valence-electron chi connectivity index (χ3n) is 6.39. The van der Waals surface area contributed by atoms with Crippen LogP contribution in [-0.2, 0) is 32.6 Å². The molecule has 1 atom stereocenters. The van der Waals surface area contributed by atoms with Gasteiger partial charge in [0.1, 0.15) is 12.6 Å². The van der Waals surface area contributed by atoms with Crippen LogP contribution >= 0.6 is 11.6 Å². The van der Waals surface area contributed by atoms with Crippen molar-refractivity contribution < 1.29 is 18.0 Å². The zero-order valence-electron chi connectivity index (χ0n) is 22.9. The zero-order chi connectivity index (χ0) is 28.6. The number of carbonyl (C=O) groups excluding carboxylic acids is 2. The second-order valence-corrected chi connectivity index (χ2v) is 12.0. The Hall–Kier alpha value is -3.36. The van der Waals surface area contributed by atoms with Crippen molar-refractivity contribution in [3.8, 4) is 0 Å². The highest BCUT2D eigenvalue weighted by molar-refractivity contribution is 7.92. The van der Waals surface area contributed by atoms with Gasteiger partial charge in [0, 0.05) is 24.5 Å². The number of amides is 2. The van der Waals surface area contributed by atoms with E-state index in [9.17, 15) is 18.0 Å². The van der Waals surface area contributed by atoms with E-state index in [1.807, 2.05) is 63.2 Å². The van der Waals surface area contributed by atoms with Gasteiger partial charge in [-0.05, 0) is 55.2 Å². The molecule has 9 heteroatoms. The second-order valence-electron chi connectivity index (χ2n) is 9.70. The van der Waals surface area contributed by atoms with Crippen molar-refractivity contribution in [2.24, 2.45) is 0 Å². The van der Waals surface area contributed by atoms with Crippen LogP contribution in [0, 0.1) is 13.8 Å². The van der Waals surface area contributed by atoms with Crippen molar-refractivity contribution in [1.29, 1.82) is 0 Å². The van der Waals surface area contributed by atoms with Gasteiger partial charge in [-0.1, -0.05) is 78.7 Å². The number of hydrogen-bond donors (Lipinski definition) is 1. The van der Waals surface area contributed by atoms with Crippen LogP contribution in [0.5, 0.6) is 0 Å². The highest BCUT2D eigenvalue weighted by Crippen LogP contribution is 2.25. The molecule has 3 aromatic rings. The molecule has 0 saturated heterocycles. The van der Waals surface area contributed by atoms with Crippen molar-refractivity contribution in [2.75, 3.05) is 23.7 Å². The maximum atomic E-state index is 14.0. The summed E-state index contributed by atoms with van der Waals surface area (Å²) < 4.78 is 27.0. The minimum atomic E-state index is -3.81. The molecule has 0 aliphatic carbocycles. The Morgan fingerprint density at radius 2 is 1.62 bits per heavy atom. The average molecular weight is 570 g/mol. The van der Waals surface area contributed by atoms with E-state index in [4.69, 9.17) is 11.6 Å². The third-order valence-corrected chi connectivity index (χ3v) is 7.77. The summed E-state index contributed by atoms with van der Waals surface area (Å²) in [6.07, 6.45) is 2.10. The summed E-state index contributed by atoms with van der Waals surface area (Å²) in [6, 6.07) is 21.0. The van der Waals surface area contributed by atoms with Crippen LogP contribution in [-0.4, -0.2) is 50.5 Å². The molecule has 0 heterocycles. The Labute approximate surface area is 236 Å². The predicted octanol–water partition coefficient (Wildman–Crippen LogP) is 4.89. The van der Waals surface area contributed by atoms with Crippen molar-refractivity contribution in [3.63, 3.8) is 0 Å². The molecule has 0 unspecified atom stereocenters. The molecule has 0 spiro atoms. The Morgan fingerprint density at radius 1 is 0.949 bits per heavy atom. The number of anilines is 1. The topological polar surface area (TPSA) is 86.8 Å². The maximum absolute atomic E-state index is 14.0. The molecule has 0 fully saturated rings. The van der Waals surface area contributed by atoms with Crippen LogP contribution in [0.3, 0.4) is 0 Å². The summed E-state index contributed by atoms with van der Waals surface area (Å²) in [6.45, 7) is 5.82. The lowest BCUT2D eigenvalue weighted by atomic mass is 10.0. The molecule has 0 saturated carbocycles. The molecule has 3 aromatic carbocycles. The van der Waals surface area contributed by atoms with Gasteiger partial charge >= 0.3 is 0 Å². The van der Waals surface area contributed by atoms with Gasteiger partial charge in [-0.25, -0.2) is 8.42 Å². The fourth-order valence-electron chi connectivity index (χ4n) is 4.39. The number of rotatable bonds is 12. The Bertz CT molecular complexity index is 1380. The van der Waals surface area contributed by atoms with Crippen molar-refractivity contribution in [2.45, 2.75) is 46.2 Å².